The first-order valence-corrected chi connectivity index (χ1v) is 5.94. The Balaban J connectivity index is 2.00. The van der Waals surface area contributed by atoms with Gasteiger partial charge in [0.15, 0.2) is 0 Å². The summed E-state index contributed by atoms with van der Waals surface area (Å²) < 4.78 is 5.24. The first-order chi connectivity index (χ1) is 9.20. The Kier molecular flexibility index (Phi) is 4.15. The van der Waals surface area contributed by atoms with Gasteiger partial charge in [-0.3, -0.25) is 15.6 Å². The Hall–Kier alpha value is -2.34. The summed E-state index contributed by atoms with van der Waals surface area (Å²) in [5.41, 5.74) is 3.41. The summed E-state index contributed by atoms with van der Waals surface area (Å²) in [5.74, 6) is 5.98. The largest absolute Gasteiger partial charge is 0.469 e. The maximum absolute atomic E-state index is 12.1. The van der Waals surface area contributed by atoms with Crippen LogP contribution in [0.1, 0.15) is 23.0 Å². The fourth-order valence-corrected chi connectivity index (χ4v) is 1.79. The van der Waals surface area contributed by atoms with E-state index in [0.29, 0.717) is 17.7 Å². The van der Waals surface area contributed by atoms with Crippen LogP contribution in [0.5, 0.6) is 0 Å². The van der Waals surface area contributed by atoms with Gasteiger partial charge in [0.25, 0.3) is 5.91 Å². The van der Waals surface area contributed by atoms with Gasteiger partial charge in [0.1, 0.15) is 5.76 Å². The van der Waals surface area contributed by atoms with Gasteiger partial charge in [-0.25, -0.2) is 0 Å². The van der Waals surface area contributed by atoms with Gasteiger partial charge in [0, 0.05) is 18.7 Å². The van der Waals surface area contributed by atoms with E-state index in [4.69, 9.17) is 10.3 Å². The highest BCUT2D eigenvalue weighted by molar-refractivity contribution is 5.99. The van der Waals surface area contributed by atoms with Crippen molar-refractivity contribution in [1.29, 1.82) is 0 Å². The van der Waals surface area contributed by atoms with E-state index in [1.54, 1.807) is 18.5 Å². The van der Waals surface area contributed by atoms with Crippen LogP contribution < -0.4 is 16.6 Å². The van der Waals surface area contributed by atoms with Crippen LogP contribution in [0.4, 0.5) is 5.69 Å². The second-order valence-electron chi connectivity index (χ2n) is 4.22. The molecule has 0 bridgehead atoms. The average molecular weight is 260 g/mol. The van der Waals surface area contributed by atoms with Crippen molar-refractivity contribution in [3.8, 4) is 0 Å². The van der Waals surface area contributed by atoms with Crippen LogP contribution in [-0.4, -0.2) is 16.9 Å². The SMILES string of the molecule is CC(Cc1ccco1)NC(=O)c1ccncc1NN. The number of hydrogen-bond donors (Lipinski definition) is 3. The predicted octanol–water partition coefficient (Wildman–Crippen LogP) is 1.32. The number of pyridine rings is 1. The third kappa shape index (κ3) is 3.32. The normalized spacial score (nSPS) is 11.9. The van der Waals surface area contributed by atoms with Crippen LogP contribution in [0.25, 0.3) is 0 Å². The highest BCUT2D eigenvalue weighted by Gasteiger charge is 2.14. The van der Waals surface area contributed by atoms with Crippen LogP contribution in [0, 0.1) is 0 Å². The van der Waals surface area contributed by atoms with Gasteiger partial charge in [0.2, 0.25) is 0 Å². The molecule has 0 fully saturated rings. The van der Waals surface area contributed by atoms with Gasteiger partial charge in [0.05, 0.1) is 23.7 Å². The molecule has 6 nitrogen and oxygen atoms in total. The number of hydrogen-bond acceptors (Lipinski definition) is 5. The number of nitrogen functional groups attached to an aromatic ring is 1. The van der Waals surface area contributed by atoms with Gasteiger partial charge in [-0.05, 0) is 25.1 Å². The highest BCUT2D eigenvalue weighted by Crippen LogP contribution is 2.12. The molecule has 2 rings (SSSR count). The van der Waals surface area contributed by atoms with Crippen molar-refractivity contribution in [3.63, 3.8) is 0 Å². The molecule has 0 aliphatic heterocycles. The summed E-state index contributed by atoms with van der Waals surface area (Å²) in [6.07, 6.45) is 5.30. The van der Waals surface area contributed by atoms with Gasteiger partial charge >= 0.3 is 0 Å². The molecule has 0 radical (unpaired) electrons. The molecule has 6 heteroatoms. The lowest BCUT2D eigenvalue weighted by molar-refractivity contribution is 0.0940. The average Bonchev–Trinajstić information content (AvgIpc) is 2.91. The first kappa shape index (κ1) is 13.1. The van der Waals surface area contributed by atoms with E-state index in [1.165, 1.54) is 6.20 Å². The minimum absolute atomic E-state index is 0.0440. The number of nitrogens with two attached hydrogens (primary N) is 1. The molecular formula is C13H16N4O2. The summed E-state index contributed by atoms with van der Waals surface area (Å²) in [6.45, 7) is 1.91. The Morgan fingerprint density at radius 1 is 1.53 bits per heavy atom. The monoisotopic (exact) mass is 260 g/mol. The summed E-state index contributed by atoms with van der Waals surface area (Å²) >= 11 is 0. The topological polar surface area (TPSA) is 93.2 Å². The van der Waals surface area contributed by atoms with Crippen LogP contribution in [0.2, 0.25) is 0 Å². The Bertz CT molecular complexity index is 539. The number of rotatable bonds is 5. The number of anilines is 1. The predicted molar refractivity (Wildman–Crippen MR) is 71.4 cm³/mol. The molecule has 100 valence electrons. The molecule has 1 atom stereocenters. The lowest BCUT2D eigenvalue weighted by Crippen LogP contribution is -2.34. The van der Waals surface area contributed by atoms with Crippen LogP contribution >= 0.6 is 0 Å². The Morgan fingerprint density at radius 3 is 3.05 bits per heavy atom. The third-order valence-corrected chi connectivity index (χ3v) is 2.69. The zero-order valence-corrected chi connectivity index (χ0v) is 10.6. The summed E-state index contributed by atoms with van der Waals surface area (Å²) in [6, 6.07) is 5.27. The molecule has 0 aliphatic carbocycles. The van der Waals surface area contributed by atoms with E-state index in [1.807, 2.05) is 19.1 Å². The number of carbonyl (C=O) groups excluding carboxylic acids is 1. The molecule has 1 unspecified atom stereocenters. The molecule has 2 heterocycles. The molecule has 0 aromatic carbocycles. The quantitative estimate of drug-likeness (QED) is 0.557. The first-order valence-electron chi connectivity index (χ1n) is 5.94. The van der Waals surface area contributed by atoms with Crippen molar-refractivity contribution < 1.29 is 9.21 Å². The Labute approximate surface area is 111 Å². The number of carbonyl (C=O) groups is 1. The molecule has 0 saturated carbocycles. The molecule has 1 amide bonds. The van der Waals surface area contributed by atoms with Crippen molar-refractivity contribution in [1.82, 2.24) is 10.3 Å². The summed E-state index contributed by atoms with van der Waals surface area (Å²) in [5, 5.41) is 2.89. The van der Waals surface area contributed by atoms with Crippen molar-refractivity contribution in [3.05, 3.63) is 48.2 Å². The second kappa shape index (κ2) is 6.01. The van der Waals surface area contributed by atoms with Gasteiger partial charge < -0.3 is 15.2 Å². The van der Waals surface area contributed by atoms with E-state index in [0.717, 1.165) is 5.76 Å². The van der Waals surface area contributed by atoms with Crippen LogP contribution in [0.15, 0.2) is 41.3 Å². The van der Waals surface area contributed by atoms with Crippen molar-refractivity contribution in [2.24, 2.45) is 5.84 Å². The van der Waals surface area contributed by atoms with Gasteiger partial charge in [-0.15, -0.1) is 0 Å². The maximum Gasteiger partial charge on any atom is 0.253 e. The standard InChI is InChI=1S/C13H16N4O2/c1-9(7-10-3-2-6-19-10)16-13(18)11-4-5-15-8-12(11)17-14/h2-6,8-9,17H,7,14H2,1H3,(H,16,18). The lowest BCUT2D eigenvalue weighted by Gasteiger charge is -2.14. The molecule has 2 aromatic rings. The number of furan rings is 1. The third-order valence-electron chi connectivity index (χ3n) is 2.69. The van der Waals surface area contributed by atoms with Crippen molar-refractivity contribution >= 4 is 11.6 Å². The van der Waals surface area contributed by atoms with E-state index in [2.05, 4.69) is 15.7 Å². The van der Waals surface area contributed by atoms with E-state index in [9.17, 15) is 4.79 Å². The highest BCUT2D eigenvalue weighted by atomic mass is 16.3. The minimum Gasteiger partial charge on any atom is -0.469 e. The molecule has 4 N–H and O–H groups in total. The maximum atomic E-state index is 12.1. The number of hydrazine groups is 1. The smallest absolute Gasteiger partial charge is 0.253 e. The minimum atomic E-state index is -0.200. The van der Waals surface area contributed by atoms with E-state index >= 15 is 0 Å². The Morgan fingerprint density at radius 2 is 2.37 bits per heavy atom. The molecule has 19 heavy (non-hydrogen) atoms. The second-order valence-corrected chi connectivity index (χ2v) is 4.22. The lowest BCUT2D eigenvalue weighted by atomic mass is 10.1. The van der Waals surface area contributed by atoms with E-state index in [-0.39, 0.29) is 11.9 Å². The number of amides is 1. The molecule has 0 spiro atoms. The zero-order valence-electron chi connectivity index (χ0n) is 10.6. The number of aromatic nitrogens is 1. The zero-order chi connectivity index (χ0) is 13.7. The van der Waals surface area contributed by atoms with Crippen molar-refractivity contribution in [2.45, 2.75) is 19.4 Å². The molecule has 2 aromatic heterocycles. The fourth-order valence-electron chi connectivity index (χ4n) is 1.79. The van der Waals surface area contributed by atoms with Crippen LogP contribution in [-0.2, 0) is 6.42 Å². The number of nitrogens with zero attached hydrogens (tertiary/aromatic N) is 1. The molecule has 0 aliphatic rings. The molecule has 0 saturated heterocycles. The van der Waals surface area contributed by atoms with Gasteiger partial charge in [-0.1, -0.05) is 0 Å². The summed E-state index contributed by atoms with van der Waals surface area (Å²) in [4.78, 5) is 16.0. The summed E-state index contributed by atoms with van der Waals surface area (Å²) in [7, 11) is 0. The van der Waals surface area contributed by atoms with Gasteiger partial charge in [-0.2, -0.15) is 0 Å². The fraction of sp³-hybridized carbons (Fsp3) is 0.231. The number of nitrogens with one attached hydrogen (secondary N) is 2. The van der Waals surface area contributed by atoms with Crippen molar-refractivity contribution in [2.75, 3.05) is 5.43 Å². The van der Waals surface area contributed by atoms with E-state index < -0.39 is 0 Å². The molecular weight excluding hydrogens is 244 g/mol. The van der Waals surface area contributed by atoms with Crippen LogP contribution in [0.3, 0.4) is 0 Å².